The highest BCUT2D eigenvalue weighted by molar-refractivity contribution is 7.18. The van der Waals surface area contributed by atoms with Crippen LogP contribution in [-0.4, -0.2) is 26.7 Å². The third kappa shape index (κ3) is 4.57. The van der Waals surface area contributed by atoms with Crippen LogP contribution < -0.4 is 10.9 Å². The number of carbonyl (C=O) groups excluding carboxylic acids is 1. The molecule has 164 valence electrons. The number of amides is 1. The summed E-state index contributed by atoms with van der Waals surface area (Å²) in [5, 5.41) is 8.14. The molecule has 1 amide bonds. The molecule has 4 rings (SSSR count). The van der Waals surface area contributed by atoms with Gasteiger partial charge in [-0.2, -0.15) is 5.10 Å². The Morgan fingerprint density at radius 3 is 2.69 bits per heavy atom. The number of fused-ring (bicyclic) bond motifs is 1. The molecule has 0 fully saturated rings. The molecule has 4 aromatic rings. The highest BCUT2D eigenvalue weighted by atomic mass is 32.1. The molecule has 0 aliphatic heterocycles. The number of thiazole rings is 1. The minimum Gasteiger partial charge on any atom is -0.347 e. The van der Waals surface area contributed by atoms with E-state index >= 15 is 0 Å². The molecule has 1 atom stereocenters. The lowest BCUT2D eigenvalue weighted by atomic mass is 10.1. The molecule has 0 unspecified atom stereocenters. The molecule has 9 heteroatoms. The van der Waals surface area contributed by atoms with Gasteiger partial charge in [0.2, 0.25) is 0 Å². The van der Waals surface area contributed by atoms with E-state index in [9.17, 15) is 18.4 Å². The molecule has 32 heavy (non-hydrogen) atoms. The van der Waals surface area contributed by atoms with Gasteiger partial charge < -0.3 is 5.32 Å². The average Bonchev–Trinajstić information content (AvgIpc) is 3.15. The molecule has 0 aliphatic carbocycles. The summed E-state index contributed by atoms with van der Waals surface area (Å²) >= 11 is 1.56. The van der Waals surface area contributed by atoms with E-state index in [1.807, 2.05) is 19.9 Å². The van der Waals surface area contributed by atoms with Crippen LogP contribution >= 0.6 is 11.3 Å². The molecular formula is C23H20F2N4O2S. The minimum absolute atomic E-state index is 0.136. The molecule has 2 aromatic carbocycles. The van der Waals surface area contributed by atoms with Gasteiger partial charge in [0.05, 0.1) is 27.5 Å². The summed E-state index contributed by atoms with van der Waals surface area (Å²) in [6.07, 6.45) is 0.563. The summed E-state index contributed by atoms with van der Waals surface area (Å²) in [6, 6.07) is 11.2. The Morgan fingerprint density at radius 2 is 1.94 bits per heavy atom. The number of aromatic nitrogens is 3. The maximum absolute atomic E-state index is 13.6. The van der Waals surface area contributed by atoms with Crippen molar-refractivity contribution in [3.05, 3.63) is 81.1 Å². The Balaban J connectivity index is 1.54. The van der Waals surface area contributed by atoms with Crippen LogP contribution in [0.4, 0.5) is 8.78 Å². The molecule has 0 saturated heterocycles. The predicted molar refractivity (Wildman–Crippen MR) is 120 cm³/mol. The van der Waals surface area contributed by atoms with Crippen LogP contribution in [0, 0.1) is 18.6 Å². The van der Waals surface area contributed by atoms with Crippen molar-refractivity contribution in [3.63, 3.8) is 0 Å². The van der Waals surface area contributed by atoms with Gasteiger partial charge in [0.15, 0.2) is 11.6 Å². The number of carbonyl (C=O) groups is 1. The fraction of sp³-hybridized carbons (Fsp3) is 0.217. The van der Waals surface area contributed by atoms with E-state index in [2.05, 4.69) is 15.4 Å². The summed E-state index contributed by atoms with van der Waals surface area (Å²) in [5.41, 5.74) is 1.57. The van der Waals surface area contributed by atoms with E-state index in [0.717, 1.165) is 27.4 Å². The number of hydrogen-bond acceptors (Lipinski definition) is 5. The van der Waals surface area contributed by atoms with Gasteiger partial charge in [0.1, 0.15) is 0 Å². The van der Waals surface area contributed by atoms with Crippen molar-refractivity contribution in [2.45, 2.75) is 32.9 Å². The summed E-state index contributed by atoms with van der Waals surface area (Å²) in [4.78, 5) is 29.5. The van der Waals surface area contributed by atoms with E-state index in [0.29, 0.717) is 23.2 Å². The first-order chi connectivity index (χ1) is 15.3. The fourth-order valence-electron chi connectivity index (χ4n) is 3.33. The molecule has 1 N–H and O–H groups in total. The van der Waals surface area contributed by atoms with Gasteiger partial charge in [-0.05, 0) is 55.8 Å². The van der Waals surface area contributed by atoms with Gasteiger partial charge in [0, 0.05) is 23.2 Å². The van der Waals surface area contributed by atoms with E-state index in [4.69, 9.17) is 0 Å². The molecular weight excluding hydrogens is 434 g/mol. The number of nitrogens with zero attached hydrogens (tertiary/aromatic N) is 3. The van der Waals surface area contributed by atoms with Crippen molar-refractivity contribution < 1.29 is 13.6 Å². The number of benzene rings is 2. The second kappa shape index (κ2) is 8.96. The Bertz CT molecular complexity index is 1370. The van der Waals surface area contributed by atoms with E-state index in [1.54, 1.807) is 23.5 Å². The third-order valence-corrected chi connectivity index (χ3v) is 6.01. The quantitative estimate of drug-likeness (QED) is 0.471. The summed E-state index contributed by atoms with van der Waals surface area (Å²) in [6.45, 7) is 3.94. The van der Waals surface area contributed by atoms with Crippen molar-refractivity contribution in [1.82, 2.24) is 20.1 Å². The van der Waals surface area contributed by atoms with Gasteiger partial charge in [-0.1, -0.05) is 6.92 Å². The van der Waals surface area contributed by atoms with Gasteiger partial charge in [-0.15, -0.1) is 11.3 Å². The van der Waals surface area contributed by atoms with Crippen LogP contribution in [0.5, 0.6) is 0 Å². The van der Waals surface area contributed by atoms with E-state index in [1.165, 1.54) is 22.9 Å². The molecule has 0 spiro atoms. The number of aryl methyl sites for hydroxylation is 1. The average molecular weight is 455 g/mol. The highest BCUT2D eigenvalue weighted by Gasteiger charge is 2.16. The molecule has 0 bridgehead atoms. The number of nitrogens with one attached hydrogen (secondary N) is 1. The zero-order valence-corrected chi connectivity index (χ0v) is 18.2. The first-order valence-electron chi connectivity index (χ1n) is 10.1. The zero-order chi connectivity index (χ0) is 22.8. The largest absolute Gasteiger partial charge is 0.347 e. The van der Waals surface area contributed by atoms with Crippen LogP contribution in [0.15, 0.2) is 53.3 Å². The van der Waals surface area contributed by atoms with Crippen LogP contribution in [-0.2, 0) is 6.54 Å². The van der Waals surface area contributed by atoms with Crippen LogP contribution in [0.3, 0.4) is 0 Å². The molecule has 0 saturated carbocycles. The first-order valence-corrected chi connectivity index (χ1v) is 10.9. The lowest BCUT2D eigenvalue weighted by Crippen LogP contribution is -2.40. The Labute approximate surface area is 186 Å². The van der Waals surface area contributed by atoms with Crippen molar-refractivity contribution in [3.8, 4) is 11.3 Å². The molecule has 0 aliphatic rings. The smallest absolute Gasteiger partial charge is 0.266 e. The monoisotopic (exact) mass is 454 g/mol. The predicted octanol–water partition coefficient (Wildman–Crippen LogP) is 4.32. The second-order valence-electron chi connectivity index (χ2n) is 7.36. The zero-order valence-electron chi connectivity index (χ0n) is 17.4. The topological polar surface area (TPSA) is 76.9 Å². The molecule has 6 nitrogen and oxygen atoms in total. The Kier molecular flexibility index (Phi) is 6.09. The van der Waals surface area contributed by atoms with Gasteiger partial charge in [-0.25, -0.2) is 18.4 Å². The highest BCUT2D eigenvalue weighted by Crippen LogP contribution is 2.22. The lowest BCUT2D eigenvalue weighted by molar-refractivity contribution is 0.0930. The SMILES string of the molecule is CC[C@H](Cn1nc(-c2ccc(F)c(F)c2)ccc1=O)NC(=O)c1ccc2sc(C)nc2c1. The van der Waals surface area contributed by atoms with Crippen molar-refractivity contribution in [2.75, 3.05) is 0 Å². The van der Waals surface area contributed by atoms with Gasteiger partial charge >= 0.3 is 0 Å². The summed E-state index contributed by atoms with van der Waals surface area (Å²) < 4.78 is 29.1. The normalized spacial score (nSPS) is 12.1. The maximum atomic E-state index is 13.6. The summed E-state index contributed by atoms with van der Waals surface area (Å²) in [5.74, 6) is -2.22. The molecule has 0 radical (unpaired) electrons. The molecule has 2 aromatic heterocycles. The molecule has 2 heterocycles. The first kappa shape index (κ1) is 21.8. The van der Waals surface area contributed by atoms with Crippen molar-refractivity contribution >= 4 is 27.5 Å². The minimum atomic E-state index is -0.993. The second-order valence-corrected chi connectivity index (χ2v) is 8.60. The van der Waals surface area contributed by atoms with Crippen LogP contribution in [0.25, 0.3) is 21.5 Å². The Morgan fingerprint density at radius 1 is 1.12 bits per heavy atom. The standard InChI is InChI=1S/C23H20F2N4O2S/c1-3-16(27-23(31)15-5-8-21-20(11-15)26-13(2)32-21)12-29-22(30)9-7-19(28-29)14-4-6-17(24)18(25)10-14/h4-11,16H,3,12H2,1-2H3,(H,27,31)/t16-/m1/s1. The van der Waals surface area contributed by atoms with Crippen LogP contribution in [0.2, 0.25) is 0 Å². The van der Waals surface area contributed by atoms with E-state index in [-0.39, 0.29) is 24.1 Å². The number of hydrogen-bond donors (Lipinski definition) is 1. The van der Waals surface area contributed by atoms with Crippen molar-refractivity contribution in [1.29, 1.82) is 0 Å². The summed E-state index contributed by atoms with van der Waals surface area (Å²) in [7, 11) is 0. The van der Waals surface area contributed by atoms with Crippen LogP contribution in [0.1, 0.15) is 28.7 Å². The lowest BCUT2D eigenvalue weighted by Gasteiger charge is -2.18. The third-order valence-electron chi connectivity index (χ3n) is 5.06. The Hall–Kier alpha value is -3.46. The number of halogens is 2. The van der Waals surface area contributed by atoms with Gasteiger partial charge in [-0.3, -0.25) is 9.59 Å². The van der Waals surface area contributed by atoms with E-state index < -0.39 is 11.6 Å². The fourth-order valence-corrected chi connectivity index (χ4v) is 4.13. The van der Waals surface area contributed by atoms with Gasteiger partial charge in [0.25, 0.3) is 11.5 Å². The van der Waals surface area contributed by atoms with Crippen molar-refractivity contribution in [2.24, 2.45) is 0 Å². The number of rotatable bonds is 6. The maximum Gasteiger partial charge on any atom is 0.266 e.